The maximum Gasteiger partial charge on any atom is 0.222 e. The first-order valence-electron chi connectivity index (χ1n) is 7.04. The molecule has 0 aliphatic heterocycles. The lowest BCUT2D eigenvalue weighted by Crippen LogP contribution is -2.26. The van der Waals surface area contributed by atoms with Crippen molar-refractivity contribution in [2.75, 3.05) is 0 Å². The molecule has 3 rings (SSSR count). The van der Waals surface area contributed by atoms with E-state index in [1.165, 1.54) is 0 Å². The van der Waals surface area contributed by atoms with Gasteiger partial charge in [0.15, 0.2) is 10.4 Å². The van der Waals surface area contributed by atoms with E-state index < -0.39 is 0 Å². The van der Waals surface area contributed by atoms with Crippen molar-refractivity contribution >= 4 is 29.3 Å². The van der Waals surface area contributed by atoms with E-state index in [0.717, 1.165) is 36.1 Å². The molecule has 0 spiro atoms. The summed E-state index contributed by atoms with van der Waals surface area (Å²) in [5, 5.41) is 7.47. The number of aromatic amines is 1. The van der Waals surface area contributed by atoms with Crippen molar-refractivity contribution in [2.24, 2.45) is 7.05 Å². The molecule has 7 heteroatoms. The second-order valence-corrected chi connectivity index (χ2v) is 5.68. The van der Waals surface area contributed by atoms with Crippen molar-refractivity contribution in [1.29, 1.82) is 0 Å². The summed E-state index contributed by atoms with van der Waals surface area (Å²) in [4.78, 5) is 15.0. The highest BCUT2D eigenvalue weighted by molar-refractivity contribution is 7.71. The van der Waals surface area contributed by atoms with Crippen LogP contribution in [0.5, 0.6) is 0 Å². The van der Waals surface area contributed by atoms with Gasteiger partial charge in [0.25, 0.3) is 0 Å². The van der Waals surface area contributed by atoms with Crippen molar-refractivity contribution in [3.05, 3.63) is 10.5 Å². The van der Waals surface area contributed by atoms with Gasteiger partial charge in [-0.05, 0) is 31.5 Å². The Bertz CT molecular complexity index is 706. The zero-order valence-electron chi connectivity index (χ0n) is 11.8. The minimum Gasteiger partial charge on any atom is -0.353 e. The molecule has 2 aromatic heterocycles. The summed E-state index contributed by atoms with van der Waals surface area (Å²) in [6.45, 7) is 2.65. The third-order valence-corrected chi connectivity index (χ3v) is 3.98. The fourth-order valence-electron chi connectivity index (χ4n) is 2.47. The molecule has 1 amide bonds. The van der Waals surface area contributed by atoms with Gasteiger partial charge < -0.3 is 14.9 Å². The summed E-state index contributed by atoms with van der Waals surface area (Å²) in [6.07, 6.45) is 3.53. The Morgan fingerprint density at radius 1 is 1.55 bits per heavy atom. The van der Waals surface area contributed by atoms with Gasteiger partial charge in [-0.25, -0.2) is 0 Å². The topological polar surface area (TPSA) is 67.6 Å². The summed E-state index contributed by atoms with van der Waals surface area (Å²) in [5.41, 5.74) is 2.96. The zero-order valence-corrected chi connectivity index (χ0v) is 12.6. The average molecular weight is 293 g/mol. The van der Waals surface area contributed by atoms with Crippen LogP contribution in [0, 0.1) is 4.77 Å². The predicted octanol–water partition coefficient (Wildman–Crippen LogP) is 1.66. The number of carbonyl (C=O) groups is 1. The second kappa shape index (κ2) is 5.05. The van der Waals surface area contributed by atoms with E-state index >= 15 is 0 Å². The summed E-state index contributed by atoms with van der Waals surface area (Å²) in [5.74, 6) is 0.0987. The highest BCUT2D eigenvalue weighted by Crippen LogP contribution is 2.20. The maximum atomic E-state index is 11.8. The molecular formula is C13H19N5OS. The van der Waals surface area contributed by atoms with Crippen LogP contribution in [0.3, 0.4) is 0 Å². The molecule has 2 aromatic rings. The Labute approximate surface area is 122 Å². The van der Waals surface area contributed by atoms with Gasteiger partial charge in [-0.3, -0.25) is 9.48 Å². The fourth-order valence-corrected chi connectivity index (χ4v) is 2.75. The minimum absolute atomic E-state index is 0.0987. The van der Waals surface area contributed by atoms with Gasteiger partial charge in [0.05, 0.1) is 5.69 Å². The van der Waals surface area contributed by atoms with Gasteiger partial charge in [0, 0.05) is 26.1 Å². The molecule has 1 aliphatic carbocycles. The van der Waals surface area contributed by atoms with Gasteiger partial charge in [-0.15, -0.1) is 0 Å². The Kier molecular flexibility index (Phi) is 3.37. The lowest BCUT2D eigenvalue weighted by atomic mass is 10.3. The highest BCUT2D eigenvalue weighted by atomic mass is 32.1. The van der Waals surface area contributed by atoms with Crippen LogP contribution in [0.15, 0.2) is 0 Å². The molecular weight excluding hydrogens is 274 g/mol. The number of H-pyrrole nitrogens is 1. The molecule has 6 nitrogen and oxygen atoms in total. The van der Waals surface area contributed by atoms with Gasteiger partial charge in [0.1, 0.15) is 5.52 Å². The molecule has 1 fully saturated rings. The molecule has 1 aliphatic rings. The van der Waals surface area contributed by atoms with Crippen LogP contribution in [0.2, 0.25) is 0 Å². The minimum atomic E-state index is 0.0987. The first-order valence-corrected chi connectivity index (χ1v) is 7.44. The lowest BCUT2D eigenvalue weighted by molar-refractivity contribution is -0.121. The van der Waals surface area contributed by atoms with Crippen LogP contribution >= 0.6 is 12.2 Å². The third kappa shape index (κ3) is 2.37. The summed E-state index contributed by atoms with van der Waals surface area (Å²) >= 11 is 5.36. The number of hydrogen-bond acceptors (Lipinski definition) is 3. The summed E-state index contributed by atoms with van der Waals surface area (Å²) in [7, 11) is 1.91. The number of carbonyl (C=O) groups excluding carboxylic acids is 1. The van der Waals surface area contributed by atoms with E-state index in [1.807, 2.05) is 16.3 Å². The third-order valence-electron chi connectivity index (χ3n) is 3.66. The molecule has 0 saturated heterocycles. The van der Waals surface area contributed by atoms with Crippen molar-refractivity contribution in [2.45, 2.75) is 45.2 Å². The highest BCUT2D eigenvalue weighted by Gasteiger charge is 2.23. The van der Waals surface area contributed by atoms with E-state index in [0.29, 0.717) is 23.8 Å². The number of aryl methyl sites for hydroxylation is 3. The van der Waals surface area contributed by atoms with Crippen LogP contribution in [-0.4, -0.2) is 31.3 Å². The van der Waals surface area contributed by atoms with Gasteiger partial charge in [0.2, 0.25) is 5.91 Å². The maximum absolute atomic E-state index is 11.8. The van der Waals surface area contributed by atoms with Crippen LogP contribution < -0.4 is 5.32 Å². The molecule has 2 heterocycles. The Morgan fingerprint density at radius 2 is 2.30 bits per heavy atom. The van der Waals surface area contributed by atoms with Gasteiger partial charge in [-0.1, -0.05) is 6.92 Å². The quantitative estimate of drug-likeness (QED) is 0.824. The number of hydrogen-bond donors (Lipinski definition) is 2. The smallest absolute Gasteiger partial charge is 0.222 e. The Hall–Kier alpha value is -1.63. The molecule has 20 heavy (non-hydrogen) atoms. The monoisotopic (exact) mass is 293 g/mol. The number of aromatic nitrogens is 4. The number of fused-ring (bicyclic) bond motifs is 1. The zero-order chi connectivity index (χ0) is 14.3. The summed E-state index contributed by atoms with van der Waals surface area (Å²) < 4.78 is 4.45. The van der Waals surface area contributed by atoms with E-state index in [4.69, 9.17) is 12.2 Å². The Morgan fingerprint density at radius 3 is 2.95 bits per heavy atom. The molecule has 2 N–H and O–H groups in total. The van der Waals surface area contributed by atoms with Crippen molar-refractivity contribution < 1.29 is 4.79 Å². The lowest BCUT2D eigenvalue weighted by Gasteiger charge is -2.05. The number of rotatable bonds is 5. The molecule has 0 radical (unpaired) electrons. The largest absolute Gasteiger partial charge is 0.353 e. The van der Waals surface area contributed by atoms with Crippen LogP contribution in [0.4, 0.5) is 0 Å². The van der Waals surface area contributed by atoms with E-state index in [1.54, 1.807) is 0 Å². The van der Waals surface area contributed by atoms with E-state index in [-0.39, 0.29) is 5.91 Å². The molecule has 1 saturated carbocycles. The summed E-state index contributed by atoms with van der Waals surface area (Å²) in [6, 6.07) is 0.408. The van der Waals surface area contributed by atoms with Gasteiger partial charge >= 0.3 is 0 Å². The second-order valence-electron chi connectivity index (χ2n) is 5.30. The predicted molar refractivity (Wildman–Crippen MR) is 79.0 cm³/mol. The number of nitrogens with zero attached hydrogens (tertiary/aromatic N) is 3. The van der Waals surface area contributed by atoms with Crippen molar-refractivity contribution in [3.8, 4) is 0 Å². The first kappa shape index (κ1) is 13.4. The molecule has 0 unspecified atom stereocenters. The molecule has 0 bridgehead atoms. The average Bonchev–Trinajstić information content (AvgIpc) is 3.08. The van der Waals surface area contributed by atoms with Crippen LogP contribution in [-0.2, 0) is 24.8 Å². The van der Waals surface area contributed by atoms with E-state index in [2.05, 4.69) is 22.3 Å². The van der Waals surface area contributed by atoms with Crippen molar-refractivity contribution in [3.63, 3.8) is 0 Å². The van der Waals surface area contributed by atoms with Crippen LogP contribution in [0.1, 0.15) is 31.9 Å². The standard InChI is InChI=1S/C13H19N5OS/c1-3-9-11-12(17(2)16-9)18(13(20)15-11)7-6-10(19)14-8-4-5-8/h8H,3-7H2,1-2H3,(H,14,19)(H,15,20). The first-order chi connectivity index (χ1) is 9.60. The Balaban J connectivity index is 1.83. The molecule has 0 aromatic carbocycles. The number of imidazole rings is 1. The molecule has 108 valence electrons. The van der Waals surface area contributed by atoms with Crippen LogP contribution in [0.25, 0.3) is 11.2 Å². The van der Waals surface area contributed by atoms with E-state index in [9.17, 15) is 4.79 Å². The SMILES string of the molecule is CCc1nn(C)c2c1[nH]c(=S)n2CCC(=O)NC1CC1. The normalized spacial score (nSPS) is 14.9. The van der Waals surface area contributed by atoms with Gasteiger partial charge in [-0.2, -0.15) is 5.10 Å². The molecule has 0 atom stereocenters. The van der Waals surface area contributed by atoms with Crippen molar-refractivity contribution in [1.82, 2.24) is 24.6 Å². The fraction of sp³-hybridized carbons (Fsp3) is 0.615. The number of nitrogens with one attached hydrogen (secondary N) is 2. The number of amides is 1.